The molecule has 0 amide bonds. The minimum atomic E-state index is -1.98. The van der Waals surface area contributed by atoms with Crippen LogP contribution in [0.4, 0.5) is 0 Å². The molecule has 162 valence electrons. The largest absolute Gasteiger partial charge is 0.404 e. The van der Waals surface area contributed by atoms with Crippen LogP contribution in [0, 0.1) is 16.7 Å². The third kappa shape index (κ3) is 3.93. The van der Waals surface area contributed by atoms with Gasteiger partial charge < -0.3 is 9.53 Å². The Morgan fingerprint density at radius 2 is 1.86 bits per heavy atom. The van der Waals surface area contributed by atoms with E-state index >= 15 is 0 Å². The molecule has 1 aromatic carbocycles. The maximum absolute atomic E-state index is 14.0. The molecule has 0 unspecified atom stereocenters. The van der Waals surface area contributed by atoms with E-state index in [1.54, 1.807) is 0 Å². The van der Waals surface area contributed by atoms with Crippen LogP contribution in [0.3, 0.4) is 0 Å². The summed E-state index contributed by atoms with van der Waals surface area (Å²) >= 11 is 3.60. The SMILES string of the molecule is CC1(C)[C@@H]2CC[C@@]1(C)[C@@](O[Si](C)(C)C)(C(=O)[C@H](Br)[C@@H](O)CCc1ccccc1)C2. The molecule has 2 saturated carbocycles. The highest BCUT2D eigenvalue weighted by atomic mass is 79.9. The number of alkyl halides is 1. The number of carbonyl (C=O) groups is 1. The summed E-state index contributed by atoms with van der Waals surface area (Å²) in [5.41, 5.74) is 0.239. The summed E-state index contributed by atoms with van der Waals surface area (Å²) in [4.78, 5) is 13.4. The van der Waals surface area contributed by atoms with E-state index in [1.165, 1.54) is 5.56 Å². The molecular weight excluding hydrogens is 444 g/mol. The molecule has 2 aliphatic carbocycles. The smallest absolute Gasteiger partial charge is 0.185 e. The number of Topliss-reactive ketones (excluding diaryl/α,β-unsaturated/α-hetero) is 1. The van der Waals surface area contributed by atoms with Gasteiger partial charge in [0.25, 0.3) is 0 Å². The number of hydrogen-bond acceptors (Lipinski definition) is 3. The van der Waals surface area contributed by atoms with E-state index in [2.05, 4.69) is 68.5 Å². The molecule has 5 heteroatoms. The minimum Gasteiger partial charge on any atom is -0.404 e. The molecule has 0 radical (unpaired) electrons. The van der Waals surface area contributed by atoms with Crippen molar-refractivity contribution in [3.8, 4) is 0 Å². The molecule has 3 nitrogen and oxygen atoms in total. The molecule has 5 atom stereocenters. The second-order valence-electron chi connectivity index (χ2n) is 10.9. The number of ketones is 1. The lowest BCUT2D eigenvalue weighted by Crippen LogP contribution is -2.61. The van der Waals surface area contributed by atoms with Gasteiger partial charge in [-0.05, 0) is 68.6 Å². The fourth-order valence-electron chi connectivity index (χ4n) is 5.85. The van der Waals surface area contributed by atoms with Crippen LogP contribution in [0.25, 0.3) is 0 Å². The molecule has 29 heavy (non-hydrogen) atoms. The topological polar surface area (TPSA) is 46.5 Å². The maximum Gasteiger partial charge on any atom is 0.185 e. The summed E-state index contributed by atoms with van der Waals surface area (Å²) < 4.78 is 6.80. The maximum atomic E-state index is 14.0. The number of hydrogen-bond donors (Lipinski definition) is 1. The molecule has 0 spiro atoms. The standard InChI is InChI=1S/C24H37BrO3Si/c1-22(2)18-14-15-23(22,3)24(16-18,28-29(4,5)6)21(27)20(25)19(26)13-12-17-10-8-7-9-11-17/h7-11,18-20,26H,12-16H2,1-6H3/t18-,19+,20-,23-,24+/m1/s1. The van der Waals surface area contributed by atoms with Gasteiger partial charge in [0.2, 0.25) is 0 Å². The van der Waals surface area contributed by atoms with Gasteiger partial charge in [0.15, 0.2) is 14.1 Å². The van der Waals surface area contributed by atoms with Gasteiger partial charge in [-0.15, -0.1) is 0 Å². The number of benzene rings is 1. The van der Waals surface area contributed by atoms with E-state index in [0.717, 1.165) is 25.7 Å². The molecule has 0 aliphatic heterocycles. The molecule has 2 fully saturated rings. The number of aliphatic hydroxyl groups is 1. The zero-order valence-corrected chi connectivity index (χ0v) is 21.4. The fourth-order valence-corrected chi connectivity index (χ4v) is 7.94. The van der Waals surface area contributed by atoms with Gasteiger partial charge in [-0.25, -0.2) is 0 Å². The fraction of sp³-hybridized carbons (Fsp3) is 0.708. The monoisotopic (exact) mass is 480 g/mol. The van der Waals surface area contributed by atoms with Gasteiger partial charge in [0.1, 0.15) is 10.4 Å². The average molecular weight is 482 g/mol. The Kier molecular flexibility index (Phi) is 6.30. The van der Waals surface area contributed by atoms with E-state index in [1.807, 2.05) is 18.2 Å². The number of halogens is 1. The highest BCUT2D eigenvalue weighted by molar-refractivity contribution is 9.10. The first-order valence-electron chi connectivity index (χ1n) is 10.9. The predicted molar refractivity (Wildman–Crippen MR) is 125 cm³/mol. The van der Waals surface area contributed by atoms with E-state index in [9.17, 15) is 9.90 Å². The van der Waals surface area contributed by atoms with Crippen LogP contribution in [0.15, 0.2) is 30.3 Å². The molecule has 3 rings (SSSR count). The Balaban J connectivity index is 1.84. The zero-order valence-electron chi connectivity index (χ0n) is 18.8. The Morgan fingerprint density at radius 1 is 1.24 bits per heavy atom. The summed E-state index contributed by atoms with van der Waals surface area (Å²) in [5, 5.41) is 10.9. The highest BCUT2D eigenvalue weighted by Crippen LogP contribution is 2.71. The number of aliphatic hydroxyl groups excluding tert-OH is 1. The summed E-state index contributed by atoms with van der Waals surface area (Å²) in [7, 11) is -1.98. The first kappa shape index (κ1) is 23.2. The van der Waals surface area contributed by atoms with Gasteiger partial charge in [0.05, 0.1) is 6.10 Å². The third-order valence-corrected chi connectivity index (χ3v) is 9.89. The van der Waals surface area contributed by atoms with Crippen molar-refractivity contribution in [3.05, 3.63) is 35.9 Å². The van der Waals surface area contributed by atoms with Crippen molar-refractivity contribution in [3.63, 3.8) is 0 Å². The Morgan fingerprint density at radius 3 is 2.34 bits per heavy atom. The lowest BCUT2D eigenvalue weighted by molar-refractivity contribution is -0.152. The van der Waals surface area contributed by atoms with Crippen LogP contribution in [-0.2, 0) is 15.6 Å². The molecule has 0 saturated heterocycles. The lowest BCUT2D eigenvalue weighted by Gasteiger charge is -2.51. The number of rotatable bonds is 8. The molecule has 2 bridgehead atoms. The van der Waals surface area contributed by atoms with E-state index in [-0.39, 0.29) is 16.6 Å². The average Bonchev–Trinajstić information content (AvgIpc) is 2.96. The van der Waals surface area contributed by atoms with Crippen LogP contribution in [0.5, 0.6) is 0 Å². The molecule has 0 heterocycles. The highest BCUT2D eigenvalue weighted by Gasteiger charge is 2.73. The van der Waals surface area contributed by atoms with Crippen molar-refractivity contribution in [1.82, 2.24) is 0 Å². The van der Waals surface area contributed by atoms with Crippen molar-refractivity contribution < 1.29 is 14.3 Å². The Hall–Kier alpha value is -0.493. The van der Waals surface area contributed by atoms with E-state index in [0.29, 0.717) is 12.3 Å². The van der Waals surface area contributed by atoms with Gasteiger partial charge in [-0.1, -0.05) is 67.0 Å². The molecule has 2 aliphatic rings. The quantitative estimate of drug-likeness (QED) is 0.380. The van der Waals surface area contributed by atoms with Gasteiger partial charge in [-0.2, -0.15) is 0 Å². The summed E-state index contributed by atoms with van der Waals surface area (Å²) in [6.07, 6.45) is 3.55. The van der Waals surface area contributed by atoms with Crippen molar-refractivity contribution in [1.29, 1.82) is 0 Å². The van der Waals surface area contributed by atoms with E-state index < -0.39 is 24.8 Å². The third-order valence-electron chi connectivity index (χ3n) is 7.90. The van der Waals surface area contributed by atoms with Crippen LogP contribution < -0.4 is 0 Å². The summed E-state index contributed by atoms with van der Waals surface area (Å²) in [6, 6.07) is 10.1. The zero-order chi connectivity index (χ0) is 21.7. The second-order valence-corrected chi connectivity index (χ2v) is 16.3. The molecule has 0 aromatic heterocycles. The number of carbonyl (C=O) groups excluding carboxylic acids is 1. The summed E-state index contributed by atoms with van der Waals surface area (Å²) in [5.74, 6) is 0.548. The molecule has 1 N–H and O–H groups in total. The van der Waals surface area contributed by atoms with Crippen LogP contribution in [0.1, 0.15) is 52.0 Å². The van der Waals surface area contributed by atoms with Crippen LogP contribution in [-0.4, -0.2) is 35.7 Å². The van der Waals surface area contributed by atoms with Gasteiger partial charge >= 0.3 is 0 Å². The second kappa shape index (κ2) is 7.89. The molecular formula is C24H37BrO3Si. The number of fused-ring (bicyclic) bond motifs is 2. The normalized spacial score (nSPS) is 32.9. The Bertz CT molecular complexity index is 744. The lowest BCUT2D eigenvalue weighted by atomic mass is 9.62. The first-order chi connectivity index (χ1) is 13.3. The van der Waals surface area contributed by atoms with Crippen LogP contribution >= 0.6 is 15.9 Å². The Labute approximate surface area is 185 Å². The van der Waals surface area contributed by atoms with Crippen molar-refractivity contribution in [2.45, 2.75) is 89.0 Å². The van der Waals surface area contributed by atoms with Crippen molar-refractivity contribution >= 4 is 30.0 Å². The van der Waals surface area contributed by atoms with Gasteiger partial charge in [-0.3, -0.25) is 4.79 Å². The van der Waals surface area contributed by atoms with Crippen molar-refractivity contribution in [2.75, 3.05) is 0 Å². The predicted octanol–water partition coefficient (Wildman–Crippen LogP) is 5.75. The number of aryl methyl sites for hydroxylation is 1. The van der Waals surface area contributed by atoms with E-state index in [4.69, 9.17) is 4.43 Å². The van der Waals surface area contributed by atoms with Gasteiger partial charge in [0, 0.05) is 5.41 Å². The molecule has 1 aromatic rings. The van der Waals surface area contributed by atoms with Crippen molar-refractivity contribution in [2.24, 2.45) is 16.7 Å². The summed E-state index contributed by atoms with van der Waals surface area (Å²) in [6.45, 7) is 13.4. The van der Waals surface area contributed by atoms with Crippen LogP contribution in [0.2, 0.25) is 19.6 Å². The minimum absolute atomic E-state index is 0.0539. The first-order valence-corrected chi connectivity index (χ1v) is 15.3.